The van der Waals surface area contributed by atoms with Crippen LogP contribution in [-0.2, 0) is 11.2 Å². The lowest BCUT2D eigenvalue weighted by atomic mass is 10.00. The first kappa shape index (κ1) is 16.0. The Morgan fingerprint density at radius 1 is 1.30 bits per heavy atom. The van der Waals surface area contributed by atoms with Gasteiger partial charge in [-0.25, -0.2) is 9.38 Å². The van der Waals surface area contributed by atoms with Crippen LogP contribution in [0.3, 0.4) is 0 Å². The molecule has 7 heteroatoms. The highest BCUT2D eigenvalue weighted by atomic mass is 35.5. The minimum absolute atomic E-state index is 0.262. The van der Waals surface area contributed by atoms with Gasteiger partial charge in [-0.3, -0.25) is 4.98 Å². The quantitative estimate of drug-likeness (QED) is 0.909. The fourth-order valence-electron chi connectivity index (χ4n) is 2.40. The van der Waals surface area contributed by atoms with E-state index < -0.39 is 0 Å². The lowest BCUT2D eigenvalue weighted by molar-refractivity contribution is 0.325. The molecule has 0 saturated heterocycles. The molecule has 1 aromatic carbocycles. The molecule has 1 aromatic heterocycles. The second kappa shape index (κ2) is 7.15. The van der Waals surface area contributed by atoms with E-state index >= 15 is 0 Å². The number of nitrogens with zero attached hydrogens (tertiary/aromatic N) is 2. The standard InChI is InChI=1S/C16H14Cl2FN3O/c17-13-3-1-2-12(15(13)18)14(22-16-21-4-5-23-16)7-10-6-11(19)9-20-8-10/h1-3,6,8-9,14H,4-5,7H2,(H,21,22). The fourth-order valence-corrected chi connectivity index (χ4v) is 2.84. The van der Waals surface area contributed by atoms with Crippen LogP contribution in [0.2, 0.25) is 10.0 Å². The number of hydrogen-bond acceptors (Lipinski definition) is 4. The molecular formula is C16H14Cl2FN3O. The molecule has 0 saturated carbocycles. The molecular weight excluding hydrogens is 340 g/mol. The first-order chi connectivity index (χ1) is 11.1. The predicted molar refractivity (Wildman–Crippen MR) is 88.5 cm³/mol. The molecule has 1 N–H and O–H groups in total. The van der Waals surface area contributed by atoms with Crippen molar-refractivity contribution in [1.29, 1.82) is 0 Å². The molecule has 1 aliphatic rings. The number of halogens is 3. The Balaban J connectivity index is 1.91. The highest BCUT2D eigenvalue weighted by Crippen LogP contribution is 2.31. The number of hydrogen-bond donors (Lipinski definition) is 1. The second-order valence-electron chi connectivity index (χ2n) is 5.09. The molecule has 0 bridgehead atoms. The molecule has 0 fully saturated rings. The third-order valence-electron chi connectivity index (χ3n) is 3.44. The number of rotatable bonds is 4. The van der Waals surface area contributed by atoms with Crippen molar-refractivity contribution in [3.05, 3.63) is 63.6 Å². The Bertz CT molecular complexity index is 739. The van der Waals surface area contributed by atoms with Crippen molar-refractivity contribution in [2.45, 2.75) is 12.5 Å². The van der Waals surface area contributed by atoms with Gasteiger partial charge in [0.25, 0.3) is 6.02 Å². The lowest BCUT2D eigenvalue weighted by Crippen LogP contribution is -2.30. The SMILES string of the molecule is Fc1cncc(CC(NC2=NCCO2)c2cccc(Cl)c2Cl)c1. The van der Waals surface area contributed by atoms with E-state index in [9.17, 15) is 4.39 Å². The molecule has 3 rings (SSSR count). The number of amidine groups is 1. The zero-order valence-electron chi connectivity index (χ0n) is 12.1. The third-order valence-corrected chi connectivity index (χ3v) is 4.27. The van der Waals surface area contributed by atoms with E-state index in [0.717, 1.165) is 11.1 Å². The topological polar surface area (TPSA) is 46.5 Å². The van der Waals surface area contributed by atoms with Crippen molar-refractivity contribution >= 4 is 29.2 Å². The maximum Gasteiger partial charge on any atom is 0.285 e. The zero-order valence-corrected chi connectivity index (χ0v) is 13.6. The van der Waals surface area contributed by atoms with Crippen LogP contribution in [0.15, 0.2) is 41.7 Å². The summed E-state index contributed by atoms with van der Waals surface area (Å²) in [6.07, 6.45) is 3.25. The van der Waals surface area contributed by atoms with E-state index in [2.05, 4.69) is 15.3 Å². The Morgan fingerprint density at radius 3 is 2.91 bits per heavy atom. The summed E-state index contributed by atoms with van der Waals surface area (Å²) in [5.41, 5.74) is 1.53. The van der Waals surface area contributed by atoms with Gasteiger partial charge >= 0.3 is 0 Å². The first-order valence-corrected chi connectivity index (χ1v) is 7.86. The molecule has 4 nitrogen and oxygen atoms in total. The predicted octanol–water partition coefficient (Wildman–Crippen LogP) is 3.79. The Hall–Kier alpha value is -1.85. The van der Waals surface area contributed by atoms with Crippen LogP contribution in [-0.4, -0.2) is 24.2 Å². The van der Waals surface area contributed by atoms with Crippen molar-refractivity contribution in [1.82, 2.24) is 10.3 Å². The van der Waals surface area contributed by atoms with Gasteiger partial charge in [-0.15, -0.1) is 0 Å². The smallest absolute Gasteiger partial charge is 0.285 e. The summed E-state index contributed by atoms with van der Waals surface area (Å²) >= 11 is 12.4. The van der Waals surface area contributed by atoms with Gasteiger partial charge in [0.05, 0.1) is 28.8 Å². The van der Waals surface area contributed by atoms with Crippen LogP contribution >= 0.6 is 23.2 Å². The molecule has 2 heterocycles. The van der Waals surface area contributed by atoms with Crippen molar-refractivity contribution in [2.24, 2.45) is 4.99 Å². The van der Waals surface area contributed by atoms with E-state index in [1.165, 1.54) is 12.3 Å². The van der Waals surface area contributed by atoms with Gasteiger partial charge in [0.15, 0.2) is 0 Å². The average Bonchev–Trinajstić information content (AvgIpc) is 3.02. The molecule has 2 aromatic rings. The van der Waals surface area contributed by atoms with E-state index in [1.807, 2.05) is 12.1 Å². The van der Waals surface area contributed by atoms with Crippen LogP contribution in [0.1, 0.15) is 17.2 Å². The Morgan fingerprint density at radius 2 is 2.17 bits per heavy atom. The van der Waals surface area contributed by atoms with Gasteiger partial charge in [0.2, 0.25) is 0 Å². The zero-order chi connectivity index (χ0) is 16.2. The number of ether oxygens (including phenoxy) is 1. The third kappa shape index (κ3) is 3.92. The highest BCUT2D eigenvalue weighted by Gasteiger charge is 2.21. The molecule has 0 radical (unpaired) electrons. The molecule has 1 atom stereocenters. The molecule has 1 aliphatic heterocycles. The first-order valence-electron chi connectivity index (χ1n) is 7.10. The van der Waals surface area contributed by atoms with E-state index in [4.69, 9.17) is 27.9 Å². The molecule has 0 amide bonds. The van der Waals surface area contributed by atoms with Crippen molar-refractivity contribution in [3.63, 3.8) is 0 Å². The number of aliphatic imine (C=N–C) groups is 1. The van der Waals surface area contributed by atoms with Gasteiger partial charge in [0, 0.05) is 6.20 Å². The summed E-state index contributed by atoms with van der Waals surface area (Å²) in [6.45, 7) is 1.15. The van der Waals surface area contributed by atoms with Gasteiger partial charge in [-0.2, -0.15) is 0 Å². The maximum atomic E-state index is 13.4. The van der Waals surface area contributed by atoms with E-state index in [-0.39, 0.29) is 11.9 Å². The van der Waals surface area contributed by atoms with Crippen molar-refractivity contribution < 1.29 is 9.13 Å². The lowest BCUT2D eigenvalue weighted by Gasteiger charge is -2.21. The summed E-state index contributed by atoms with van der Waals surface area (Å²) in [6, 6.07) is 7.04. The summed E-state index contributed by atoms with van der Waals surface area (Å²) in [4.78, 5) is 8.11. The summed E-state index contributed by atoms with van der Waals surface area (Å²) in [5, 5.41) is 4.12. The maximum absolute atomic E-state index is 13.4. The Labute approximate surface area is 143 Å². The molecule has 1 unspecified atom stereocenters. The van der Waals surface area contributed by atoms with Gasteiger partial charge < -0.3 is 10.1 Å². The van der Waals surface area contributed by atoms with Crippen LogP contribution < -0.4 is 5.32 Å². The van der Waals surface area contributed by atoms with Crippen LogP contribution in [0, 0.1) is 5.82 Å². The highest BCUT2D eigenvalue weighted by molar-refractivity contribution is 6.42. The fraction of sp³-hybridized carbons (Fsp3) is 0.250. The van der Waals surface area contributed by atoms with Gasteiger partial charge in [-0.05, 0) is 29.7 Å². The Kier molecular flexibility index (Phi) is 4.98. The summed E-state index contributed by atoms with van der Waals surface area (Å²) < 4.78 is 18.8. The monoisotopic (exact) mass is 353 g/mol. The van der Waals surface area contributed by atoms with Crippen LogP contribution in [0.5, 0.6) is 0 Å². The van der Waals surface area contributed by atoms with Crippen molar-refractivity contribution in [3.8, 4) is 0 Å². The second-order valence-corrected chi connectivity index (χ2v) is 5.88. The average molecular weight is 354 g/mol. The van der Waals surface area contributed by atoms with Gasteiger partial charge in [0.1, 0.15) is 12.4 Å². The van der Waals surface area contributed by atoms with Crippen LogP contribution in [0.4, 0.5) is 4.39 Å². The summed E-state index contributed by atoms with van der Waals surface area (Å²) in [5.74, 6) is -0.382. The molecule has 0 spiro atoms. The molecule has 0 aliphatic carbocycles. The molecule has 23 heavy (non-hydrogen) atoms. The number of benzene rings is 1. The minimum Gasteiger partial charge on any atom is -0.463 e. The largest absolute Gasteiger partial charge is 0.463 e. The number of aromatic nitrogens is 1. The molecule has 120 valence electrons. The minimum atomic E-state index is -0.382. The van der Waals surface area contributed by atoms with E-state index in [1.54, 1.807) is 12.3 Å². The summed E-state index contributed by atoms with van der Waals surface area (Å²) in [7, 11) is 0. The van der Waals surface area contributed by atoms with Gasteiger partial charge in [-0.1, -0.05) is 35.3 Å². The van der Waals surface area contributed by atoms with Crippen molar-refractivity contribution in [2.75, 3.05) is 13.2 Å². The normalized spacial score (nSPS) is 15.0. The van der Waals surface area contributed by atoms with Crippen LogP contribution in [0.25, 0.3) is 0 Å². The number of pyridine rings is 1. The van der Waals surface area contributed by atoms with E-state index in [0.29, 0.717) is 35.6 Å². The number of nitrogens with one attached hydrogen (secondary N) is 1.